The summed E-state index contributed by atoms with van der Waals surface area (Å²) in [6.45, 7) is 5.63. The van der Waals surface area contributed by atoms with Crippen LogP contribution in [0.3, 0.4) is 0 Å². The fourth-order valence-corrected chi connectivity index (χ4v) is 1.42. The lowest BCUT2D eigenvalue weighted by Gasteiger charge is -2.08. The molecule has 0 heterocycles. The molecule has 0 bridgehead atoms. The van der Waals surface area contributed by atoms with Gasteiger partial charge >= 0.3 is 6.16 Å². The summed E-state index contributed by atoms with van der Waals surface area (Å²) in [6.07, 6.45) is -1.27. The number of rotatable bonds is 1. The van der Waals surface area contributed by atoms with Crippen LogP contribution in [0.15, 0.2) is 12.1 Å². The van der Waals surface area contributed by atoms with Gasteiger partial charge in [0.05, 0.1) is 0 Å². The highest BCUT2D eigenvalue weighted by molar-refractivity contribution is 5.63. The van der Waals surface area contributed by atoms with Crippen LogP contribution in [0.1, 0.15) is 16.7 Å². The molecule has 0 amide bonds. The third kappa shape index (κ3) is 2.21. The number of benzene rings is 1. The van der Waals surface area contributed by atoms with E-state index in [1.807, 2.05) is 32.9 Å². The first-order valence-electron chi connectivity index (χ1n) is 3.99. The van der Waals surface area contributed by atoms with Gasteiger partial charge in [0.1, 0.15) is 5.75 Å². The zero-order chi connectivity index (χ0) is 10.0. The number of ether oxygens (including phenoxy) is 1. The number of carbonyl (C=O) groups is 1. The van der Waals surface area contributed by atoms with Crippen LogP contribution in [0, 0.1) is 20.8 Å². The first-order valence-corrected chi connectivity index (χ1v) is 3.99. The zero-order valence-corrected chi connectivity index (χ0v) is 7.92. The van der Waals surface area contributed by atoms with Crippen molar-refractivity contribution in [1.29, 1.82) is 0 Å². The Labute approximate surface area is 77.0 Å². The topological polar surface area (TPSA) is 46.5 Å². The van der Waals surface area contributed by atoms with Gasteiger partial charge in [-0.1, -0.05) is 17.7 Å². The van der Waals surface area contributed by atoms with Gasteiger partial charge < -0.3 is 9.84 Å². The molecule has 0 aliphatic carbocycles. The average Bonchev–Trinajstić information content (AvgIpc) is 1.96. The van der Waals surface area contributed by atoms with Gasteiger partial charge in [-0.3, -0.25) is 0 Å². The van der Waals surface area contributed by atoms with Crippen molar-refractivity contribution in [3.63, 3.8) is 0 Å². The second-order valence-corrected chi connectivity index (χ2v) is 3.10. The summed E-state index contributed by atoms with van der Waals surface area (Å²) in [5.74, 6) is 0.443. The Morgan fingerprint density at radius 3 is 2.08 bits per heavy atom. The highest BCUT2D eigenvalue weighted by Gasteiger charge is 2.08. The van der Waals surface area contributed by atoms with Crippen LogP contribution >= 0.6 is 0 Å². The molecule has 0 unspecified atom stereocenters. The van der Waals surface area contributed by atoms with Crippen LogP contribution in [0.25, 0.3) is 0 Å². The van der Waals surface area contributed by atoms with Crippen molar-refractivity contribution in [2.45, 2.75) is 20.8 Å². The van der Waals surface area contributed by atoms with Crippen LogP contribution in [0.5, 0.6) is 5.75 Å². The van der Waals surface area contributed by atoms with Gasteiger partial charge in [0.2, 0.25) is 0 Å². The largest absolute Gasteiger partial charge is 0.511 e. The van der Waals surface area contributed by atoms with E-state index < -0.39 is 6.16 Å². The molecule has 0 atom stereocenters. The molecule has 1 N–H and O–H groups in total. The van der Waals surface area contributed by atoms with Gasteiger partial charge in [-0.2, -0.15) is 0 Å². The maximum atomic E-state index is 10.3. The molecule has 0 saturated carbocycles. The molecule has 0 radical (unpaired) electrons. The molecule has 1 aromatic rings. The summed E-state index contributed by atoms with van der Waals surface area (Å²) in [5, 5.41) is 8.46. The van der Waals surface area contributed by atoms with Crippen LogP contribution in [-0.2, 0) is 0 Å². The molecule has 0 fully saturated rings. The summed E-state index contributed by atoms with van der Waals surface area (Å²) in [4.78, 5) is 10.3. The molecule has 1 rings (SSSR count). The van der Waals surface area contributed by atoms with Crippen molar-refractivity contribution in [2.75, 3.05) is 0 Å². The number of hydrogen-bond donors (Lipinski definition) is 1. The van der Waals surface area contributed by atoms with E-state index in [0.717, 1.165) is 16.7 Å². The average molecular weight is 180 g/mol. The lowest BCUT2D eigenvalue weighted by Crippen LogP contribution is -2.05. The maximum Gasteiger partial charge on any atom is 0.511 e. The van der Waals surface area contributed by atoms with E-state index in [2.05, 4.69) is 4.74 Å². The normalized spacial score (nSPS) is 9.77. The van der Waals surface area contributed by atoms with Crippen LogP contribution < -0.4 is 4.74 Å². The minimum Gasteiger partial charge on any atom is -0.449 e. The molecule has 0 aliphatic heterocycles. The molecule has 0 aromatic heterocycles. The fourth-order valence-electron chi connectivity index (χ4n) is 1.42. The smallest absolute Gasteiger partial charge is 0.449 e. The first kappa shape index (κ1) is 9.58. The lowest BCUT2D eigenvalue weighted by atomic mass is 10.1. The third-order valence-corrected chi connectivity index (χ3v) is 1.79. The highest BCUT2D eigenvalue weighted by atomic mass is 16.7. The van der Waals surface area contributed by atoms with E-state index in [4.69, 9.17) is 5.11 Å². The van der Waals surface area contributed by atoms with Crippen molar-refractivity contribution in [1.82, 2.24) is 0 Å². The quantitative estimate of drug-likeness (QED) is 0.533. The van der Waals surface area contributed by atoms with Gasteiger partial charge in [-0.15, -0.1) is 0 Å². The van der Waals surface area contributed by atoms with Gasteiger partial charge in [0.25, 0.3) is 0 Å². The minimum absolute atomic E-state index is 0.443. The van der Waals surface area contributed by atoms with Crippen molar-refractivity contribution < 1.29 is 14.6 Å². The second-order valence-electron chi connectivity index (χ2n) is 3.10. The molecule has 3 heteroatoms. The highest BCUT2D eigenvalue weighted by Crippen LogP contribution is 2.24. The summed E-state index contributed by atoms with van der Waals surface area (Å²) >= 11 is 0. The molecule has 0 spiro atoms. The van der Waals surface area contributed by atoms with E-state index >= 15 is 0 Å². The standard InChI is InChI=1S/C10H12O3/c1-6-4-7(2)9(8(3)5-6)13-10(11)12/h4-5H,1-3H3,(H,11,12). The van der Waals surface area contributed by atoms with Gasteiger partial charge in [0.15, 0.2) is 0 Å². The number of hydrogen-bond acceptors (Lipinski definition) is 2. The molecule has 13 heavy (non-hydrogen) atoms. The van der Waals surface area contributed by atoms with Crippen molar-refractivity contribution in [3.8, 4) is 5.75 Å². The summed E-state index contributed by atoms with van der Waals surface area (Å²) in [7, 11) is 0. The fraction of sp³-hybridized carbons (Fsp3) is 0.300. The maximum absolute atomic E-state index is 10.3. The molecule has 1 aromatic carbocycles. The van der Waals surface area contributed by atoms with Gasteiger partial charge in [-0.05, 0) is 31.9 Å². The second kappa shape index (κ2) is 3.47. The molecule has 70 valence electrons. The van der Waals surface area contributed by atoms with Crippen molar-refractivity contribution >= 4 is 6.16 Å². The molecule has 0 saturated heterocycles. The lowest BCUT2D eigenvalue weighted by molar-refractivity contribution is 0.144. The van der Waals surface area contributed by atoms with Gasteiger partial charge in [-0.25, -0.2) is 4.79 Å². The van der Waals surface area contributed by atoms with Gasteiger partial charge in [0, 0.05) is 0 Å². The summed E-state index contributed by atoms with van der Waals surface area (Å²) in [5.41, 5.74) is 2.80. The van der Waals surface area contributed by atoms with Crippen LogP contribution in [0.2, 0.25) is 0 Å². The Bertz CT molecular complexity index is 319. The minimum atomic E-state index is -1.27. The Morgan fingerprint density at radius 1 is 1.23 bits per heavy atom. The Hall–Kier alpha value is -1.51. The van der Waals surface area contributed by atoms with Crippen molar-refractivity contribution in [2.24, 2.45) is 0 Å². The Kier molecular flexibility index (Phi) is 2.56. The Balaban J connectivity index is 3.13. The SMILES string of the molecule is Cc1cc(C)c(OC(=O)O)c(C)c1. The molecular formula is C10H12O3. The summed E-state index contributed by atoms with van der Waals surface area (Å²) in [6, 6.07) is 3.79. The van der Waals surface area contributed by atoms with Crippen LogP contribution in [0.4, 0.5) is 4.79 Å². The van der Waals surface area contributed by atoms with Crippen molar-refractivity contribution in [3.05, 3.63) is 28.8 Å². The van der Waals surface area contributed by atoms with E-state index in [9.17, 15) is 4.79 Å². The van der Waals surface area contributed by atoms with E-state index in [1.165, 1.54) is 0 Å². The summed E-state index contributed by atoms with van der Waals surface area (Å²) < 4.78 is 4.65. The predicted molar refractivity (Wildman–Crippen MR) is 49.3 cm³/mol. The van der Waals surface area contributed by atoms with E-state index in [0.29, 0.717) is 5.75 Å². The predicted octanol–water partition coefficient (Wildman–Crippen LogP) is 2.67. The first-order chi connectivity index (χ1) is 6.00. The molecule has 3 nitrogen and oxygen atoms in total. The number of carboxylic acid groups (broad SMARTS) is 1. The van der Waals surface area contributed by atoms with E-state index in [-0.39, 0.29) is 0 Å². The molecular weight excluding hydrogens is 168 g/mol. The third-order valence-electron chi connectivity index (χ3n) is 1.79. The zero-order valence-electron chi connectivity index (χ0n) is 7.92. The monoisotopic (exact) mass is 180 g/mol. The molecule has 0 aliphatic rings. The van der Waals surface area contributed by atoms with Crippen LogP contribution in [-0.4, -0.2) is 11.3 Å². The number of aryl methyl sites for hydroxylation is 3. The van der Waals surface area contributed by atoms with E-state index in [1.54, 1.807) is 0 Å². The Morgan fingerprint density at radius 2 is 1.69 bits per heavy atom.